The Labute approximate surface area is 197 Å². The van der Waals surface area contributed by atoms with E-state index in [0.717, 1.165) is 24.3 Å². The summed E-state index contributed by atoms with van der Waals surface area (Å²) < 4.78 is 33.9. The molecular weight excluding hydrogens is 440 g/mol. The maximum Gasteiger partial charge on any atom is 0.338 e. The number of rotatable bonds is 8. The Morgan fingerprint density at radius 2 is 1.06 bits per heavy atom. The van der Waals surface area contributed by atoms with Gasteiger partial charge in [-0.25, -0.2) is 9.59 Å². The van der Waals surface area contributed by atoms with Gasteiger partial charge in [0.1, 0.15) is 12.2 Å². The SMILES string of the molecule is O=C(O[C@H]1CO[C@H]2[C@@H]1OC[C@H]2OC(=O)c1ccccc1CC1CO1)c1ccccc1C[C@H]1CO1. The second kappa shape index (κ2) is 9.11. The molecule has 8 nitrogen and oxygen atoms in total. The van der Waals surface area contributed by atoms with E-state index in [4.69, 9.17) is 28.4 Å². The normalized spacial score (nSPS) is 31.1. The van der Waals surface area contributed by atoms with Crippen molar-refractivity contribution in [2.45, 2.75) is 49.5 Å². The van der Waals surface area contributed by atoms with E-state index in [0.29, 0.717) is 24.0 Å². The van der Waals surface area contributed by atoms with Crippen molar-refractivity contribution < 1.29 is 38.0 Å². The molecule has 4 aliphatic rings. The van der Waals surface area contributed by atoms with Crippen LogP contribution in [0.3, 0.4) is 0 Å². The predicted octanol–water partition coefficient (Wildman–Crippen LogP) is 2.12. The molecule has 1 unspecified atom stereocenters. The van der Waals surface area contributed by atoms with Crippen molar-refractivity contribution in [2.75, 3.05) is 26.4 Å². The van der Waals surface area contributed by atoms with Gasteiger partial charge in [-0.1, -0.05) is 36.4 Å². The summed E-state index contributed by atoms with van der Waals surface area (Å²) in [6, 6.07) is 14.8. The highest BCUT2D eigenvalue weighted by Crippen LogP contribution is 2.32. The average Bonchev–Trinajstić information content (AvgIpc) is 3.76. The monoisotopic (exact) mass is 466 g/mol. The zero-order valence-corrected chi connectivity index (χ0v) is 18.6. The summed E-state index contributed by atoms with van der Waals surface area (Å²) >= 11 is 0. The van der Waals surface area contributed by atoms with E-state index in [-0.39, 0.29) is 25.4 Å². The molecule has 0 aromatic heterocycles. The first-order chi connectivity index (χ1) is 16.7. The molecule has 178 valence electrons. The Hall–Kier alpha value is -2.78. The number of epoxide rings is 2. The van der Waals surface area contributed by atoms with Crippen LogP contribution in [0.25, 0.3) is 0 Å². The van der Waals surface area contributed by atoms with E-state index in [1.807, 2.05) is 36.4 Å². The lowest BCUT2D eigenvalue weighted by Gasteiger charge is -2.18. The smallest absolute Gasteiger partial charge is 0.338 e. The molecule has 0 aliphatic carbocycles. The zero-order valence-electron chi connectivity index (χ0n) is 18.6. The van der Waals surface area contributed by atoms with Crippen LogP contribution in [0, 0.1) is 0 Å². The quantitative estimate of drug-likeness (QED) is 0.431. The predicted molar refractivity (Wildman–Crippen MR) is 118 cm³/mol. The van der Waals surface area contributed by atoms with Crippen LogP contribution in [0.1, 0.15) is 31.8 Å². The lowest BCUT2D eigenvalue weighted by Crippen LogP contribution is -2.36. The third-order valence-corrected chi connectivity index (χ3v) is 6.65. The van der Waals surface area contributed by atoms with Crippen molar-refractivity contribution >= 4 is 11.9 Å². The van der Waals surface area contributed by atoms with E-state index < -0.39 is 36.4 Å². The lowest BCUT2D eigenvalue weighted by molar-refractivity contribution is -0.0288. The van der Waals surface area contributed by atoms with Crippen LogP contribution < -0.4 is 0 Å². The van der Waals surface area contributed by atoms with Gasteiger partial charge in [-0.05, 0) is 23.3 Å². The maximum absolute atomic E-state index is 12.9. The van der Waals surface area contributed by atoms with Crippen molar-refractivity contribution in [2.24, 2.45) is 0 Å². The van der Waals surface area contributed by atoms with Crippen molar-refractivity contribution in [1.29, 1.82) is 0 Å². The topological polar surface area (TPSA) is 96.1 Å². The number of carbonyl (C=O) groups is 2. The van der Waals surface area contributed by atoms with Gasteiger partial charge in [-0.2, -0.15) is 0 Å². The number of benzene rings is 2. The van der Waals surface area contributed by atoms with Gasteiger partial charge in [0.15, 0.2) is 12.2 Å². The van der Waals surface area contributed by atoms with E-state index in [2.05, 4.69) is 0 Å². The van der Waals surface area contributed by atoms with Crippen LogP contribution in [0.15, 0.2) is 48.5 Å². The molecule has 0 amide bonds. The molecule has 0 N–H and O–H groups in total. The van der Waals surface area contributed by atoms with Gasteiger partial charge < -0.3 is 28.4 Å². The molecule has 4 fully saturated rings. The third kappa shape index (κ3) is 4.59. The van der Waals surface area contributed by atoms with Gasteiger partial charge in [0.25, 0.3) is 0 Å². The zero-order chi connectivity index (χ0) is 23.1. The molecule has 2 aromatic rings. The first-order valence-corrected chi connectivity index (χ1v) is 11.7. The second-order valence-corrected chi connectivity index (χ2v) is 9.12. The highest BCUT2D eigenvalue weighted by molar-refractivity contribution is 5.92. The van der Waals surface area contributed by atoms with Crippen molar-refractivity contribution in [3.05, 3.63) is 70.8 Å². The standard InChI is InChI=1S/C26H26O8/c27-25(19-7-3-1-5-15(19)9-17-11-29-17)33-21-13-31-24-22(14-32-23(21)24)34-26(28)20-8-4-2-6-16(20)10-18-12-30-18/h1-8,17-18,21-24H,9-14H2/t17-,18?,21-,22+,23+,24+/m0/s1. The second-order valence-electron chi connectivity index (χ2n) is 9.12. The first-order valence-electron chi connectivity index (χ1n) is 11.7. The Morgan fingerprint density at radius 1 is 0.647 bits per heavy atom. The minimum atomic E-state index is -0.564. The van der Waals surface area contributed by atoms with Gasteiger partial charge in [0.05, 0.1) is 49.8 Å². The molecule has 0 spiro atoms. The highest BCUT2D eigenvalue weighted by atomic mass is 16.7. The average molecular weight is 466 g/mol. The number of ether oxygens (including phenoxy) is 6. The summed E-state index contributed by atoms with van der Waals surface area (Å²) in [4.78, 5) is 25.8. The van der Waals surface area contributed by atoms with E-state index >= 15 is 0 Å². The largest absolute Gasteiger partial charge is 0.453 e. The minimum absolute atomic E-state index is 0.170. The van der Waals surface area contributed by atoms with E-state index in [1.54, 1.807) is 12.1 Å². The van der Waals surface area contributed by atoms with E-state index in [9.17, 15) is 9.59 Å². The van der Waals surface area contributed by atoms with Crippen molar-refractivity contribution in [3.63, 3.8) is 0 Å². The van der Waals surface area contributed by atoms with Crippen molar-refractivity contribution in [3.8, 4) is 0 Å². The molecule has 2 aromatic carbocycles. The maximum atomic E-state index is 12.9. The molecule has 4 saturated heterocycles. The number of carbonyl (C=O) groups excluding carboxylic acids is 2. The third-order valence-electron chi connectivity index (χ3n) is 6.65. The van der Waals surface area contributed by atoms with Crippen molar-refractivity contribution in [1.82, 2.24) is 0 Å². The summed E-state index contributed by atoms with van der Waals surface area (Å²) in [7, 11) is 0. The summed E-state index contributed by atoms with van der Waals surface area (Å²) in [6.45, 7) is 1.82. The Morgan fingerprint density at radius 3 is 1.47 bits per heavy atom. The molecule has 6 atom stereocenters. The molecule has 4 heterocycles. The number of hydrogen-bond acceptors (Lipinski definition) is 8. The van der Waals surface area contributed by atoms with Gasteiger partial charge in [0.2, 0.25) is 0 Å². The van der Waals surface area contributed by atoms with Gasteiger partial charge in [-0.15, -0.1) is 0 Å². The minimum Gasteiger partial charge on any atom is -0.453 e. The van der Waals surface area contributed by atoms with Crippen LogP contribution in [-0.2, 0) is 41.3 Å². The lowest BCUT2D eigenvalue weighted by atomic mass is 10.0. The van der Waals surface area contributed by atoms with E-state index in [1.165, 1.54) is 0 Å². The summed E-state index contributed by atoms with van der Waals surface area (Å²) in [6.07, 6.45) is -0.377. The number of hydrogen-bond donors (Lipinski definition) is 0. The number of fused-ring (bicyclic) bond motifs is 1. The van der Waals surface area contributed by atoms with Crippen LogP contribution >= 0.6 is 0 Å². The molecule has 0 radical (unpaired) electrons. The molecule has 8 heteroatoms. The fourth-order valence-corrected chi connectivity index (χ4v) is 4.69. The highest BCUT2D eigenvalue weighted by Gasteiger charge is 2.51. The Bertz CT molecular complexity index is 990. The molecule has 4 aliphatic heterocycles. The Kier molecular flexibility index (Phi) is 5.82. The molecular formula is C26H26O8. The van der Waals surface area contributed by atoms with Gasteiger partial charge in [-0.3, -0.25) is 0 Å². The molecule has 0 saturated carbocycles. The van der Waals surface area contributed by atoms with Crippen LogP contribution in [0.4, 0.5) is 0 Å². The summed E-state index contributed by atoms with van der Waals surface area (Å²) in [5.41, 5.74) is 2.86. The number of esters is 2. The fourth-order valence-electron chi connectivity index (χ4n) is 4.69. The fraction of sp³-hybridized carbons (Fsp3) is 0.462. The Balaban J connectivity index is 1.09. The summed E-state index contributed by atoms with van der Waals surface area (Å²) in [5, 5.41) is 0. The first kappa shape index (κ1) is 21.7. The molecule has 6 rings (SSSR count). The summed E-state index contributed by atoms with van der Waals surface area (Å²) in [5.74, 6) is -0.823. The van der Waals surface area contributed by atoms with Crippen LogP contribution in [-0.4, -0.2) is 75.0 Å². The van der Waals surface area contributed by atoms with Gasteiger partial charge in [0, 0.05) is 12.8 Å². The molecule has 0 bridgehead atoms. The van der Waals surface area contributed by atoms with Gasteiger partial charge >= 0.3 is 11.9 Å². The molecule has 34 heavy (non-hydrogen) atoms. The van der Waals surface area contributed by atoms with Crippen LogP contribution in [0.5, 0.6) is 0 Å². The van der Waals surface area contributed by atoms with Crippen LogP contribution in [0.2, 0.25) is 0 Å².